The molecule has 0 spiro atoms. The van der Waals surface area contributed by atoms with Crippen molar-refractivity contribution in [2.45, 2.75) is 25.7 Å². The number of hydrogen-bond donors (Lipinski definition) is 1. The lowest BCUT2D eigenvalue weighted by molar-refractivity contribution is -0.125. The maximum atomic E-state index is 10.9. The van der Waals surface area contributed by atoms with Gasteiger partial charge in [0.05, 0.1) is 19.8 Å². The van der Waals surface area contributed by atoms with Gasteiger partial charge in [0, 0.05) is 26.8 Å². The molecular formula is C15H30N2O4. The van der Waals surface area contributed by atoms with Crippen molar-refractivity contribution < 1.29 is 19.0 Å². The van der Waals surface area contributed by atoms with Crippen molar-refractivity contribution in [3.05, 3.63) is 0 Å². The van der Waals surface area contributed by atoms with Gasteiger partial charge in [0.1, 0.15) is 6.61 Å². The molecule has 1 saturated heterocycles. The van der Waals surface area contributed by atoms with Crippen LogP contribution >= 0.6 is 0 Å². The van der Waals surface area contributed by atoms with Crippen LogP contribution in [0, 0.1) is 0 Å². The van der Waals surface area contributed by atoms with Crippen molar-refractivity contribution >= 4 is 5.91 Å². The van der Waals surface area contributed by atoms with Crippen molar-refractivity contribution in [3.8, 4) is 0 Å². The molecular weight excluding hydrogens is 272 g/mol. The molecule has 6 heteroatoms. The predicted octanol–water partition coefficient (Wildman–Crippen LogP) is 0.658. The van der Waals surface area contributed by atoms with Crippen LogP contribution in [-0.2, 0) is 19.0 Å². The fraction of sp³-hybridized carbons (Fsp3) is 0.933. The van der Waals surface area contributed by atoms with E-state index in [1.54, 1.807) is 7.05 Å². The molecule has 0 aromatic heterocycles. The monoisotopic (exact) mass is 302 g/mol. The fourth-order valence-corrected chi connectivity index (χ4v) is 2.20. The highest BCUT2D eigenvalue weighted by Gasteiger charge is 2.08. The van der Waals surface area contributed by atoms with Gasteiger partial charge in [0.25, 0.3) is 0 Å². The van der Waals surface area contributed by atoms with Crippen molar-refractivity contribution in [2.24, 2.45) is 0 Å². The van der Waals surface area contributed by atoms with Gasteiger partial charge >= 0.3 is 0 Å². The number of nitrogens with zero attached hydrogens (tertiary/aromatic N) is 1. The third kappa shape index (κ3) is 10.6. The smallest absolute Gasteiger partial charge is 0.245 e. The zero-order valence-electron chi connectivity index (χ0n) is 13.3. The minimum Gasteiger partial charge on any atom is -0.380 e. The normalized spacial score (nSPS) is 16.0. The van der Waals surface area contributed by atoms with E-state index in [0.717, 1.165) is 26.2 Å². The number of nitrogens with one attached hydrogen (secondary N) is 1. The van der Waals surface area contributed by atoms with E-state index in [9.17, 15) is 4.79 Å². The van der Waals surface area contributed by atoms with Crippen LogP contribution in [0.5, 0.6) is 0 Å². The fourth-order valence-electron chi connectivity index (χ4n) is 2.20. The first-order chi connectivity index (χ1) is 10.3. The summed E-state index contributed by atoms with van der Waals surface area (Å²) < 4.78 is 16.1. The molecule has 21 heavy (non-hydrogen) atoms. The molecule has 1 amide bonds. The lowest BCUT2D eigenvalue weighted by atomic mass is 10.1. The second-order valence-electron chi connectivity index (χ2n) is 5.21. The Kier molecular flexibility index (Phi) is 11.4. The summed E-state index contributed by atoms with van der Waals surface area (Å²) in [6.45, 7) is 6.79. The van der Waals surface area contributed by atoms with E-state index in [-0.39, 0.29) is 12.5 Å². The number of hydrogen-bond acceptors (Lipinski definition) is 5. The second kappa shape index (κ2) is 13.0. The maximum absolute atomic E-state index is 10.9. The SMILES string of the molecule is CNC(=O)COCCOCCCOCCN1CCCCC1. The van der Waals surface area contributed by atoms with Crippen LogP contribution in [0.1, 0.15) is 25.7 Å². The molecule has 0 radical (unpaired) electrons. The summed E-state index contributed by atoms with van der Waals surface area (Å²) in [5.41, 5.74) is 0. The Hall–Kier alpha value is -0.690. The standard InChI is InChI=1S/C15H30N2O4/c1-16-15(18)14-21-13-12-20-10-5-9-19-11-8-17-6-3-2-4-7-17/h2-14H2,1H3,(H,16,18). The van der Waals surface area contributed by atoms with Crippen LogP contribution in [0.2, 0.25) is 0 Å². The first kappa shape index (κ1) is 18.4. The van der Waals surface area contributed by atoms with Gasteiger partial charge in [-0.05, 0) is 32.4 Å². The van der Waals surface area contributed by atoms with Gasteiger partial charge in [-0.3, -0.25) is 4.79 Å². The molecule has 0 atom stereocenters. The largest absolute Gasteiger partial charge is 0.380 e. The number of likely N-dealkylation sites (tertiary alicyclic amines) is 1. The van der Waals surface area contributed by atoms with Gasteiger partial charge in [-0.15, -0.1) is 0 Å². The van der Waals surface area contributed by atoms with Crippen molar-refractivity contribution in [2.75, 3.05) is 66.3 Å². The summed E-state index contributed by atoms with van der Waals surface area (Å²) >= 11 is 0. The molecule has 0 saturated carbocycles. The highest BCUT2D eigenvalue weighted by atomic mass is 16.5. The first-order valence-electron chi connectivity index (χ1n) is 7.99. The molecule has 0 aromatic rings. The Bertz CT molecular complexity index is 258. The molecule has 1 N–H and O–H groups in total. The third-order valence-electron chi connectivity index (χ3n) is 3.46. The Balaban J connectivity index is 1.73. The Morgan fingerprint density at radius 3 is 2.33 bits per heavy atom. The zero-order valence-corrected chi connectivity index (χ0v) is 13.3. The average Bonchev–Trinajstić information content (AvgIpc) is 2.53. The summed E-state index contributed by atoms with van der Waals surface area (Å²) in [4.78, 5) is 13.3. The van der Waals surface area contributed by atoms with E-state index < -0.39 is 0 Å². The number of rotatable bonds is 12. The van der Waals surface area contributed by atoms with Crippen molar-refractivity contribution in [1.82, 2.24) is 10.2 Å². The second-order valence-corrected chi connectivity index (χ2v) is 5.21. The van der Waals surface area contributed by atoms with Crippen molar-refractivity contribution in [1.29, 1.82) is 0 Å². The van der Waals surface area contributed by atoms with Crippen LogP contribution in [0.25, 0.3) is 0 Å². The van der Waals surface area contributed by atoms with E-state index in [0.29, 0.717) is 19.8 Å². The van der Waals surface area contributed by atoms with Gasteiger partial charge in [0.15, 0.2) is 0 Å². The van der Waals surface area contributed by atoms with Gasteiger partial charge in [-0.25, -0.2) is 0 Å². The number of piperidine rings is 1. The molecule has 1 rings (SSSR count). The van der Waals surface area contributed by atoms with E-state index >= 15 is 0 Å². The van der Waals surface area contributed by atoms with Gasteiger partial charge in [0.2, 0.25) is 5.91 Å². The number of ether oxygens (including phenoxy) is 3. The number of amides is 1. The van der Waals surface area contributed by atoms with Crippen LogP contribution in [0.3, 0.4) is 0 Å². The van der Waals surface area contributed by atoms with E-state index in [1.807, 2.05) is 0 Å². The van der Waals surface area contributed by atoms with Crippen LogP contribution in [-0.4, -0.2) is 77.1 Å². The number of likely N-dealkylation sites (N-methyl/N-ethyl adjacent to an activating group) is 1. The lowest BCUT2D eigenvalue weighted by Gasteiger charge is -2.26. The summed E-state index contributed by atoms with van der Waals surface area (Å²) in [5.74, 6) is -0.114. The van der Waals surface area contributed by atoms with E-state index in [4.69, 9.17) is 14.2 Å². The Morgan fingerprint density at radius 1 is 0.952 bits per heavy atom. The third-order valence-corrected chi connectivity index (χ3v) is 3.46. The molecule has 0 bridgehead atoms. The predicted molar refractivity (Wildman–Crippen MR) is 81.4 cm³/mol. The Labute approximate surface area is 128 Å². The van der Waals surface area contributed by atoms with Crippen LogP contribution < -0.4 is 5.32 Å². The van der Waals surface area contributed by atoms with Gasteiger partial charge in [-0.1, -0.05) is 6.42 Å². The van der Waals surface area contributed by atoms with Crippen molar-refractivity contribution in [3.63, 3.8) is 0 Å². The number of carbonyl (C=O) groups excluding carboxylic acids is 1. The molecule has 0 aromatic carbocycles. The quantitative estimate of drug-likeness (QED) is 0.537. The molecule has 1 aliphatic heterocycles. The molecule has 0 unspecified atom stereocenters. The minimum atomic E-state index is -0.114. The van der Waals surface area contributed by atoms with Crippen LogP contribution in [0.4, 0.5) is 0 Å². The van der Waals surface area contributed by atoms with E-state index in [2.05, 4.69) is 10.2 Å². The zero-order chi connectivity index (χ0) is 15.2. The Morgan fingerprint density at radius 2 is 1.62 bits per heavy atom. The molecule has 1 heterocycles. The first-order valence-corrected chi connectivity index (χ1v) is 7.99. The average molecular weight is 302 g/mol. The maximum Gasteiger partial charge on any atom is 0.245 e. The summed E-state index contributed by atoms with van der Waals surface area (Å²) in [7, 11) is 1.59. The summed E-state index contributed by atoms with van der Waals surface area (Å²) in [6, 6.07) is 0. The van der Waals surface area contributed by atoms with Gasteiger partial charge < -0.3 is 24.4 Å². The van der Waals surface area contributed by atoms with Crippen LogP contribution in [0.15, 0.2) is 0 Å². The highest BCUT2D eigenvalue weighted by Crippen LogP contribution is 2.07. The summed E-state index contributed by atoms with van der Waals surface area (Å²) in [6.07, 6.45) is 4.93. The molecule has 1 aliphatic rings. The van der Waals surface area contributed by atoms with Gasteiger partial charge in [-0.2, -0.15) is 0 Å². The molecule has 1 fully saturated rings. The molecule has 6 nitrogen and oxygen atoms in total. The molecule has 0 aliphatic carbocycles. The molecule has 124 valence electrons. The number of carbonyl (C=O) groups is 1. The minimum absolute atomic E-state index is 0.0967. The van der Waals surface area contributed by atoms with E-state index in [1.165, 1.54) is 32.4 Å². The lowest BCUT2D eigenvalue weighted by Crippen LogP contribution is -2.32. The topological polar surface area (TPSA) is 60.0 Å². The highest BCUT2D eigenvalue weighted by molar-refractivity contribution is 5.76. The summed E-state index contributed by atoms with van der Waals surface area (Å²) in [5, 5.41) is 2.49.